The summed E-state index contributed by atoms with van der Waals surface area (Å²) in [5, 5.41) is 10.5. The highest BCUT2D eigenvalue weighted by Crippen LogP contribution is 2.27. The molecule has 0 N–H and O–H groups in total. The molecule has 0 fully saturated rings. The van der Waals surface area contributed by atoms with Crippen molar-refractivity contribution < 1.29 is 9.21 Å². The molecular weight excluding hydrogens is 432 g/mol. The SMILES string of the molecule is O=C(c1ccc(-c2ccc(-c3nnc(-c4ccccc4)o3)cc2)cc1)c1ccc2ccccc2c1. The summed E-state index contributed by atoms with van der Waals surface area (Å²) >= 11 is 0. The number of benzene rings is 5. The molecule has 6 aromatic rings. The number of hydrogen-bond donors (Lipinski definition) is 0. The maximum Gasteiger partial charge on any atom is 0.248 e. The Balaban J connectivity index is 1.21. The van der Waals surface area contributed by atoms with Gasteiger partial charge in [-0.05, 0) is 52.2 Å². The Bertz CT molecular complexity index is 1630. The number of fused-ring (bicyclic) bond motifs is 1. The summed E-state index contributed by atoms with van der Waals surface area (Å²) in [6.45, 7) is 0. The first kappa shape index (κ1) is 20.8. The van der Waals surface area contributed by atoms with E-state index in [4.69, 9.17) is 4.42 Å². The van der Waals surface area contributed by atoms with Gasteiger partial charge in [0.25, 0.3) is 0 Å². The fourth-order valence-corrected chi connectivity index (χ4v) is 4.15. The van der Waals surface area contributed by atoms with Gasteiger partial charge in [0.2, 0.25) is 11.8 Å². The molecule has 1 heterocycles. The van der Waals surface area contributed by atoms with Gasteiger partial charge in [-0.25, -0.2) is 0 Å². The lowest BCUT2D eigenvalue weighted by atomic mass is 9.97. The molecule has 0 aliphatic heterocycles. The van der Waals surface area contributed by atoms with Crippen LogP contribution in [0.1, 0.15) is 15.9 Å². The molecule has 166 valence electrons. The van der Waals surface area contributed by atoms with Crippen molar-refractivity contribution in [2.75, 3.05) is 0 Å². The summed E-state index contributed by atoms with van der Waals surface area (Å²) in [5.74, 6) is 0.992. The second kappa shape index (κ2) is 8.84. The van der Waals surface area contributed by atoms with Gasteiger partial charge in [0.05, 0.1) is 0 Å². The molecule has 0 amide bonds. The van der Waals surface area contributed by atoms with Crippen LogP contribution in [0.4, 0.5) is 0 Å². The highest BCUT2D eigenvalue weighted by atomic mass is 16.4. The smallest absolute Gasteiger partial charge is 0.248 e. The molecular formula is C31H20N2O2. The van der Waals surface area contributed by atoms with E-state index in [9.17, 15) is 4.79 Å². The molecule has 0 aliphatic carbocycles. The van der Waals surface area contributed by atoms with Gasteiger partial charge in [0.1, 0.15) is 0 Å². The molecule has 5 aromatic carbocycles. The molecule has 0 bridgehead atoms. The van der Waals surface area contributed by atoms with Gasteiger partial charge in [-0.3, -0.25) is 4.79 Å². The summed E-state index contributed by atoms with van der Waals surface area (Å²) in [5.41, 5.74) is 5.17. The number of nitrogens with zero attached hydrogens (tertiary/aromatic N) is 2. The summed E-state index contributed by atoms with van der Waals surface area (Å²) < 4.78 is 5.85. The topological polar surface area (TPSA) is 56.0 Å². The molecule has 0 radical (unpaired) electrons. The van der Waals surface area contributed by atoms with Crippen LogP contribution in [0.5, 0.6) is 0 Å². The largest absolute Gasteiger partial charge is 0.416 e. The molecule has 35 heavy (non-hydrogen) atoms. The van der Waals surface area contributed by atoms with E-state index in [2.05, 4.69) is 10.2 Å². The molecule has 0 saturated heterocycles. The van der Waals surface area contributed by atoms with E-state index in [1.54, 1.807) is 0 Å². The molecule has 0 spiro atoms. The number of aromatic nitrogens is 2. The Kier molecular flexibility index (Phi) is 5.24. The van der Waals surface area contributed by atoms with Crippen LogP contribution in [-0.2, 0) is 0 Å². The van der Waals surface area contributed by atoms with Crippen molar-refractivity contribution in [1.29, 1.82) is 0 Å². The van der Waals surface area contributed by atoms with E-state index >= 15 is 0 Å². The van der Waals surface area contributed by atoms with Gasteiger partial charge in [0, 0.05) is 22.3 Å². The Morgan fingerprint density at radius 1 is 0.486 bits per heavy atom. The van der Waals surface area contributed by atoms with Gasteiger partial charge < -0.3 is 4.42 Å². The molecule has 4 heteroatoms. The molecule has 0 aliphatic rings. The fraction of sp³-hybridized carbons (Fsp3) is 0. The molecule has 4 nitrogen and oxygen atoms in total. The lowest BCUT2D eigenvalue weighted by Gasteiger charge is -2.06. The van der Waals surface area contributed by atoms with E-state index < -0.39 is 0 Å². The van der Waals surface area contributed by atoms with Gasteiger partial charge in [-0.2, -0.15) is 0 Å². The number of carbonyl (C=O) groups excluding carboxylic acids is 1. The average molecular weight is 453 g/mol. The van der Waals surface area contributed by atoms with Crippen LogP contribution in [0.2, 0.25) is 0 Å². The first-order valence-electron chi connectivity index (χ1n) is 11.4. The number of carbonyl (C=O) groups is 1. The van der Waals surface area contributed by atoms with Crippen molar-refractivity contribution in [2.24, 2.45) is 0 Å². The van der Waals surface area contributed by atoms with Gasteiger partial charge >= 0.3 is 0 Å². The van der Waals surface area contributed by atoms with E-state index in [1.807, 2.05) is 121 Å². The zero-order valence-electron chi connectivity index (χ0n) is 18.8. The van der Waals surface area contributed by atoms with E-state index in [1.165, 1.54) is 0 Å². The van der Waals surface area contributed by atoms with Crippen LogP contribution in [0, 0.1) is 0 Å². The minimum Gasteiger partial charge on any atom is -0.416 e. The number of hydrogen-bond acceptors (Lipinski definition) is 4. The Morgan fingerprint density at radius 3 is 1.69 bits per heavy atom. The zero-order valence-corrected chi connectivity index (χ0v) is 18.8. The zero-order chi connectivity index (χ0) is 23.6. The second-order valence-electron chi connectivity index (χ2n) is 8.32. The number of ketones is 1. The van der Waals surface area contributed by atoms with Crippen LogP contribution in [0.15, 0.2) is 126 Å². The third-order valence-corrected chi connectivity index (χ3v) is 6.07. The summed E-state index contributed by atoms with van der Waals surface area (Å²) in [4.78, 5) is 13.0. The third kappa shape index (κ3) is 4.13. The highest BCUT2D eigenvalue weighted by molar-refractivity contribution is 6.10. The highest BCUT2D eigenvalue weighted by Gasteiger charge is 2.12. The molecule has 0 saturated carbocycles. The van der Waals surface area contributed by atoms with E-state index in [0.717, 1.165) is 33.0 Å². The van der Waals surface area contributed by atoms with Gasteiger partial charge in [0.15, 0.2) is 5.78 Å². The first-order chi connectivity index (χ1) is 17.2. The van der Waals surface area contributed by atoms with Crippen molar-refractivity contribution in [3.05, 3.63) is 132 Å². The van der Waals surface area contributed by atoms with Crippen LogP contribution in [0.3, 0.4) is 0 Å². The van der Waals surface area contributed by atoms with Crippen LogP contribution in [-0.4, -0.2) is 16.0 Å². The Hall–Kier alpha value is -4.83. The lowest BCUT2D eigenvalue weighted by Crippen LogP contribution is -2.01. The summed E-state index contributed by atoms with van der Waals surface area (Å²) in [7, 11) is 0. The maximum atomic E-state index is 13.0. The van der Waals surface area contributed by atoms with Gasteiger partial charge in [-0.1, -0.05) is 91.0 Å². The Morgan fingerprint density at radius 2 is 1.00 bits per heavy atom. The molecule has 0 unspecified atom stereocenters. The van der Waals surface area contributed by atoms with Crippen molar-refractivity contribution >= 4 is 16.6 Å². The van der Waals surface area contributed by atoms with Gasteiger partial charge in [-0.15, -0.1) is 10.2 Å². The van der Waals surface area contributed by atoms with Crippen LogP contribution in [0.25, 0.3) is 44.8 Å². The van der Waals surface area contributed by atoms with Crippen molar-refractivity contribution in [2.45, 2.75) is 0 Å². The predicted molar refractivity (Wildman–Crippen MR) is 138 cm³/mol. The summed E-state index contributed by atoms with van der Waals surface area (Å²) in [6, 6.07) is 39.3. The molecule has 0 atom stereocenters. The van der Waals surface area contributed by atoms with Crippen LogP contribution >= 0.6 is 0 Å². The normalized spacial score (nSPS) is 11.0. The summed E-state index contributed by atoms with van der Waals surface area (Å²) in [6.07, 6.45) is 0. The first-order valence-corrected chi connectivity index (χ1v) is 11.4. The second-order valence-corrected chi connectivity index (χ2v) is 8.32. The van der Waals surface area contributed by atoms with Crippen LogP contribution < -0.4 is 0 Å². The third-order valence-electron chi connectivity index (χ3n) is 6.07. The number of rotatable bonds is 5. The Labute approximate surface area is 202 Å². The quantitative estimate of drug-likeness (QED) is 0.255. The maximum absolute atomic E-state index is 13.0. The minimum atomic E-state index is 0.0169. The van der Waals surface area contributed by atoms with Crippen molar-refractivity contribution in [3.8, 4) is 34.0 Å². The molecule has 6 rings (SSSR count). The monoisotopic (exact) mass is 452 g/mol. The van der Waals surface area contributed by atoms with Crippen molar-refractivity contribution in [3.63, 3.8) is 0 Å². The van der Waals surface area contributed by atoms with Crippen molar-refractivity contribution in [1.82, 2.24) is 10.2 Å². The molecule has 1 aromatic heterocycles. The predicted octanol–water partition coefficient (Wildman–Crippen LogP) is 7.45. The fourth-order valence-electron chi connectivity index (χ4n) is 4.15. The minimum absolute atomic E-state index is 0.0169. The lowest BCUT2D eigenvalue weighted by molar-refractivity contribution is 0.103. The van der Waals surface area contributed by atoms with E-state index in [-0.39, 0.29) is 5.78 Å². The van der Waals surface area contributed by atoms with E-state index in [0.29, 0.717) is 22.9 Å². The standard InChI is InChI=1S/C31H20N2O2/c34-29(28-19-14-21-6-4-5-9-27(21)20-28)24-15-10-22(11-16-24)23-12-17-26(18-13-23)31-33-32-30(35-31)25-7-2-1-3-8-25/h1-20H. The average Bonchev–Trinajstić information content (AvgIpc) is 3.44.